The van der Waals surface area contributed by atoms with E-state index < -0.39 is 10.9 Å². The first-order valence-corrected chi connectivity index (χ1v) is 5.02. The molecule has 7 nitrogen and oxygen atoms in total. The number of anilines is 1. The fourth-order valence-electron chi connectivity index (χ4n) is 1.29. The molecule has 0 spiro atoms. The van der Waals surface area contributed by atoms with Crippen LogP contribution in [0.5, 0.6) is 0 Å². The fourth-order valence-corrected chi connectivity index (χ4v) is 1.29. The van der Waals surface area contributed by atoms with Gasteiger partial charge in [-0.25, -0.2) is 4.79 Å². The summed E-state index contributed by atoms with van der Waals surface area (Å²) in [7, 11) is 0. The second kappa shape index (κ2) is 5.80. The van der Waals surface area contributed by atoms with E-state index >= 15 is 0 Å². The van der Waals surface area contributed by atoms with Crippen molar-refractivity contribution in [2.45, 2.75) is 6.42 Å². The van der Waals surface area contributed by atoms with Crippen molar-refractivity contribution in [2.24, 2.45) is 5.73 Å². The van der Waals surface area contributed by atoms with Crippen LogP contribution in [0.4, 0.5) is 11.4 Å². The van der Waals surface area contributed by atoms with E-state index in [9.17, 15) is 14.9 Å². The zero-order valence-electron chi connectivity index (χ0n) is 9.05. The van der Waals surface area contributed by atoms with Crippen LogP contribution in [0.25, 0.3) is 0 Å². The third-order valence-electron chi connectivity index (χ3n) is 2.14. The van der Waals surface area contributed by atoms with Crippen molar-refractivity contribution in [2.75, 3.05) is 18.4 Å². The van der Waals surface area contributed by atoms with Crippen molar-refractivity contribution in [1.29, 1.82) is 0 Å². The number of nitrogens with zero attached hydrogens (tertiary/aromatic N) is 1. The average molecular weight is 239 g/mol. The first kappa shape index (κ1) is 12.9. The molecule has 92 valence electrons. The summed E-state index contributed by atoms with van der Waals surface area (Å²) in [5.41, 5.74) is 5.36. The van der Waals surface area contributed by atoms with E-state index in [2.05, 4.69) is 5.32 Å². The number of carboxylic acid groups (broad SMARTS) is 1. The van der Waals surface area contributed by atoms with Crippen molar-refractivity contribution < 1.29 is 14.8 Å². The largest absolute Gasteiger partial charge is 0.478 e. The number of nitrogens with one attached hydrogen (secondary N) is 1. The zero-order valence-corrected chi connectivity index (χ0v) is 9.05. The molecule has 0 unspecified atom stereocenters. The predicted octanol–water partition coefficient (Wildman–Crippen LogP) is 1.05. The van der Waals surface area contributed by atoms with Crippen LogP contribution >= 0.6 is 0 Å². The lowest BCUT2D eigenvalue weighted by molar-refractivity contribution is -0.384. The number of aromatic carboxylic acids is 1. The number of benzene rings is 1. The van der Waals surface area contributed by atoms with E-state index in [1.807, 2.05) is 0 Å². The minimum atomic E-state index is -1.12. The molecule has 0 bridgehead atoms. The number of hydrogen-bond acceptors (Lipinski definition) is 5. The number of carboxylic acids is 1. The van der Waals surface area contributed by atoms with Gasteiger partial charge in [0.2, 0.25) is 0 Å². The van der Waals surface area contributed by atoms with Gasteiger partial charge < -0.3 is 16.2 Å². The van der Waals surface area contributed by atoms with Crippen molar-refractivity contribution in [3.8, 4) is 0 Å². The molecule has 0 aliphatic rings. The smallest absolute Gasteiger partial charge is 0.335 e. The second-order valence-electron chi connectivity index (χ2n) is 3.36. The molecular weight excluding hydrogens is 226 g/mol. The van der Waals surface area contributed by atoms with E-state index in [1.54, 1.807) is 0 Å². The average Bonchev–Trinajstić information content (AvgIpc) is 2.28. The first-order valence-electron chi connectivity index (χ1n) is 5.02. The molecule has 0 saturated heterocycles. The summed E-state index contributed by atoms with van der Waals surface area (Å²) >= 11 is 0. The highest BCUT2D eigenvalue weighted by atomic mass is 16.6. The Kier molecular flexibility index (Phi) is 4.41. The standard InChI is InChI=1S/C10H13N3O4/c11-4-1-5-12-8-6-7(10(14)15)2-3-9(8)13(16)17/h2-3,6,12H,1,4-5,11H2,(H,14,15). The van der Waals surface area contributed by atoms with E-state index in [1.165, 1.54) is 18.2 Å². The van der Waals surface area contributed by atoms with Gasteiger partial charge in [0.25, 0.3) is 5.69 Å². The molecule has 0 radical (unpaired) electrons. The first-order chi connectivity index (χ1) is 8.06. The zero-order chi connectivity index (χ0) is 12.8. The van der Waals surface area contributed by atoms with Crippen LogP contribution in [-0.4, -0.2) is 29.1 Å². The molecule has 0 aromatic heterocycles. The molecule has 0 atom stereocenters. The van der Waals surface area contributed by atoms with Gasteiger partial charge in [0.15, 0.2) is 0 Å². The van der Waals surface area contributed by atoms with Crippen LogP contribution in [0.3, 0.4) is 0 Å². The number of hydrogen-bond donors (Lipinski definition) is 3. The molecule has 0 amide bonds. The lowest BCUT2D eigenvalue weighted by atomic mass is 10.1. The Bertz CT molecular complexity index is 434. The number of nitrogens with two attached hydrogens (primary N) is 1. The van der Waals surface area contributed by atoms with Gasteiger partial charge >= 0.3 is 5.97 Å². The van der Waals surface area contributed by atoms with Crippen LogP contribution in [0.1, 0.15) is 16.8 Å². The van der Waals surface area contributed by atoms with E-state index in [0.29, 0.717) is 19.5 Å². The molecule has 0 fully saturated rings. The summed E-state index contributed by atoms with van der Waals surface area (Å²) in [5, 5.41) is 22.3. The molecule has 1 rings (SSSR count). The Morgan fingerprint density at radius 1 is 1.53 bits per heavy atom. The van der Waals surface area contributed by atoms with Crippen LogP contribution in [0, 0.1) is 10.1 Å². The Balaban J connectivity index is 2.98. The van der Waals surface area contributed by atoms with Crippen molar-refractivity contribution >= 4 is 17.3 Å². The van der Waals surface area contributed by atoms with Crippen LogP contribution in [-0.2, 0) is 0 Å². The van der Waals surface area contributed by atoms with Crippen LogP contribution in [0.2, 0.25) is 0 Å². The van der Waals surface area contributed by atoms with Gasteiger partial charge in [-0.2, -0.15) is 0 Å². The maximum atomic E-state index is 10.7. The van der Waals surface area contributed by atoms with Crippen LogP contribution in [0.15, 0.2) is 18.2 Å². The molecule has 0 heterocycles. The molecule has 0 saturated carbocycles. The highest BCUT2D eigenvalue weighted by Gasteiger charge is 2.15. The molecule has 4 N–H and O–H groups in total. The third kappa shape index (κ3) is 3.42. The summed E-state index contributed by atoms with van der Waals surface area (Å²) in [5.74, 6) is -1.12. The van der Waals surface area contributed by atoms with E-state index in [4.69, 9.17) is 10.8 Å². The van der Waals surface area contributed by atoms with Gasteiger partial charge in [-0.3, -0.25) is 10.1 Å². The van der Waals surface area contributed by atoms with Crippen molar-refractivity contribution in [3.63, 3.8) is 0 Å². The van der Waals surface area contributed by atoms with E-state index in [-0.39, 0.29) is 16.9 Å². The fraction of sp³-hybridized carbons (Fsp3) is 0.300. The lowest BCUT2D eigenvalue weighted by Crippen LogP contribution is -2.10. The molecule has 0 aliphatic carbocycles. The number of rotatable bonds is 6. The Morgan fingerprint density at radius 3 is 2.76 bits per heavy atom. The summed E-state index contributed by atoms with van der Waals surface area (Å²) in [6.07, 6.45) is 0.647. The molecule has 0 aliphatic heterocycles. The summed E-state index contributed by atoms with van der Waals surface area (Å²) in [6.45, 7) is 0.916. The number of carbonyl (C=O) groups is 1. The number of nitro groups is 1. The van der Waals surface area contributed by atoms with Gasteiger partial charge in [-0.1, -0.05) is 0 Å². The Morgan fingerprint density at radius 2 is 2.24 bits per heavy atom. The normalized spacial score (nSPS) is 9.94. The molecule has 1 aromatic rings. The van der Waals surface area contributed by atoms with Gasteiger partial charge in [0.1, 0.15) is 5.69 Å². The topological polar surface area (TPSA) is 118 Å². The third-order valence-corrected chi connectivity index (χ3v) is 2.14. The van der Waals surface area contributed by atoms with Gasteiger partial charge in [-0.05, 0) is 25.1 Å². The Labute approximate surface area is 97.4 Å². The monoisotopic (exact) mass is 239 g/mol. The SMILES string of the molecule is NCCCNc1cc(C(=O)O)ccc1[N+](=O)[O-]. The van der Waals surface area contributed by atoms with Crippen molar-refractivity contribution in [3.05, 3.63) is 33.9 Å². The number of nitro benzene ring substituents is 1. The maximum Gasteiger partial charge on any atom is 0.335 e. The van der Waals surface area contributed by atoms with Gasteiger partial charge in [0, 0.05) is 12.6 Å². The second-order valence-corrected chi connectivity index (χ2v) is 3.36. The van der Waals surface area contributed by atoms with Crippen molar-refractivity contribution in [1.82, 2.24) is 0 Å². The highest BCUT2D eigenvalue weighted by molar-refractivity contribution is 5.90. The molecule has 1 aromatic carbocycles. The maximum absolute atomic E-state index is 10.7. The van der Waals surface area contributed by atoms with Crippen LogP contribution < -0.4 is 11.1 Å². The summed E-state index contributed by atoms with van der Waals surface area (Å²) in [6, 6.07) is 3.62. The van der Waals surface area contributed by atoms with Gasteiger partial charge in [-0.15, -0.1) is 0 Å². The molecule has 7 heteroatoms. The minimum Gasteiger partial charge on any atom is -0.478 e. The summed E-state index contributed by atoms with van der Waals surface area (Å²) < 4.78 is 0. The van der Waals surface area contributed by atoms with Gasteiger partial charge in [0.05, 0.1) is 10.5 Å². The predicted molar refractivity (Wildman–Crippen MR) is 62.2 cm³/mol. The lowest BCUT2D eigenvalue weighted by Gasteiger charge is -2.07. The Hall–Kier alpha value is -2.15. The molecular formula is C10H13N3O4. The molecule has 17 heavy (non-hydrogen) atoms. The highest BCUT2D eigenvalue weighted by Crippen LogP contribution is 2.25. The summed E-state index contributed by atoms with van der Waals surface area (Å²) in [4.78, 5) is 20.9. The quantitative estimate of drug-likeness (QED) is 0.388. The minimum absolute atomic E-state index is 0.00542. The van der Waals surface area contributed by atoms with E-state index in [0.717, 1.165) is 0 Å².